The van der Waals surface area contributed by atoms with Gasteiger partial charge < -0.3 is 5.32 Å². The molecular formula is C25H21N7OS2. The van der Waals surface area contributed by atoms with Crippen LogP contribution in [-0.2, 0) is 11.3 Å². The Morgan fingerprint density at radius 2 is 2.03 bits per heavy atom. The lowest BCUT2D eigenvalue weighted by molar-refractivity contribution is -0.113. The van der Waals surface area contributed by atoms with Gasteiger partial charge in [-0.3, -0.25) is 14.3 Å². The molecule has 3 heterocycles. The monoisotopic (exact) mass is 499 g/mol. The number of rotatable bonds is 8. The Balaban J connectivity index is 1.24. The van der Waals surface area contributed by atoms with E-state index < -0.39 is 0 Å². The second-order valence-electron chi connectivity index (χ2n) is 7.70. The molecule has 0 aliphatic heterocycles. The zero-order valence-electron chi connectivity index (χ0n) is 18.9. The van der Waals surface area contributed by atoms with Gasteiger partial charge in [-0.1, -0.05) is 23.9 Å². The van der Waals surface area contributed by atoms with Gasteiger partial charge in [0.25, 0.3) is 0 Å². The maximum atomic E-state index is 12.6. The maximum Gasteiger partial charge on any atom is 0.234 e. The molecule has 8 nitrogen and oxygen atoms in total. The van der Waals surface area contributed by atoms with E-state index in [-0.39, 0.29) is 11.7 Å². The largest absolute Gasteiger partial charge is 0.325 e. The topological polar surface area (TPSA) is 98.5 Å². The molecule has 35 heavy (non-hydrogen) atoms. The molecule has 0 spiro atoms. The fourth-order valence-corrected chi connectivity index (χ4v) is 5.29. The summed E-state index contributed by atoms with van der Waals surface area (Å²) in [6.07, 6.45) is 6.58. The summed E-state index contributed by atoms with van der Waals surface area (Å²) in [7, 11) is 0. The molecule has 5 rings (SSSR count). The summed E-state index contributed by atoms with van der Waals surface area (Å²) in [5.41, 5.74) is 4.57. The zero-order valence-corrected chi connectivity index (χ0v) is 20.5. The molecule has 174 valence electrons. The molecule has 5 aromatic rings. The molecular weight excluding hydrogens is 478 g/mol. The normalized spacial score (nSPS) is 11.0. The molecule has 0 unspecified atom stereocenters. The fourth-order valence-electron chi connectivity index (χ4n) is 3.47. The Morgan fingerprint density at radius 1 is 1.17 bits per heavy atom. The van der Waals surface area contributed by atoms with Gasteiger partial charge in [0.2, 0.25) is 5.91 Å². The van der Waals surface area contributed by atoms with Gasteiger partial charge in [-0.05, 0) is 48.9 Å². The number of anilines is 1. The number of aryl methyl sites for hydroxylation is 1. The van der Waals surface area contributed by atoms with Gasteiger partial charge >= 0.3 is 0 Å². The summed E-state index contributed by atoms with van der Waals surface area (Å²) in [4.78, 5) is 25.7. The molecule has 0 saturated carbocycles. The maximum absolute atomic E-state index is 12.6. The third kappa shape index (κ3) is 5.13. The second-order valence-corrected chi connectivity index (χ2v) is 9.67. The first-order chi connectivity index (χ1) is 17.1. The highest BCUT2D eigenvalue weighted by Crippen LogP contribution is 2.31. The van der Waals surface area contributed by atoms with Crippen molar-refractivity contribution in [3.63, 3.8) is 0 Å². The van der Waals surface area contributed by atoms with Crippen LogP contribution < -0.4 is 5.32 Å². The summed E-state index contributed by atoms with van der Waals surface area (Å²) in [6, 6.07) is 14.0. The minimum atomic E-state index is -0.132. The van der Waals surface area contributed by atoms with E-state index in [1.165, 1.54) is 22.0 Å². The third-order valence-electron chi connectivity index (χ3n) is 5.11. The standard InChI is InChI=1S/C25H21N7OS2/c1-3-12-32-23(20-14-26-10-11-27-20)30-31-25(32)34-15-22(33)28-18-7-5-17(6-8-18)24-29-19-9-4-16(2)13-21(19)35-24/h3-11,13-14H,1,12,15H2,2H3,(H,28,33). The number of allylic oxidation sites excluding steroid dienone is 1. The van der Waals surface area contributed by atoms with E-state index in [2.05, 4.69) is 51.1 Å². The van der Waals surface area contributed by atoms with Crippen LogP contribution in [0.3, 0.4) is 0 Å². The first kappa shape index (κ1) is 22.9. The molecule has 10 heteroatoms. The summed E-state index contributed by atoms with van der Waals surface area (Å²) in [5, 5.41) is 13.0. The van der Waals surface area contributed by atoms with E-state index in [0.717, 1.165) is 21.8 Å². The van der Waals surface area contributed by atoms with Crippen molar-refractivity contribution in [1.29, 1.82) is 0 Å². The Morgan fingerprint density at radius 3 is 2.80 bits per heavy atom. The first-order valence-electron chi connectivity index (χ1n) is 10.8. The van der Waals surface area contributed by atoms with Gasteiger partial charge in [-0.2, -0.15) is 0 Å². The molecule has 3 aromatic heterocycles. The minimum absolute atomic E-state index is 0.132. The highest BCUT2D eigenvalue weighted by molar-refractivity contribution is 7.99. The summed E-state index contributed by atoms with van der Waals surface area (Å²) in [5.74, 6) is 0.642. The van der Waals surface area contributed by atoms with Crippen LogP contribution in [0.1, 0.15) is 5.56 Å². The van der Waals surface area contributed by atoms with Crippen LogP contribution in [0.5, 0.6) is 0 Å². The average Bonchev–Trinajstić information content (AvgIpc) is 3.48. The molecule has 0 radical (unpaired) electrons. The number of carbonyl (C=O) groups is 1. The van der Waals surface area contributed by atoms with Gasteiger partial charge in [-0.25, -0.2) is 9.97 Å². The Bertz CT molecular complexity index is 1490. The molecule has 1 amide bonds. The van der Waals surface area contributed by atoms with E-state index in [4.69, 9.17) is 4.98 Å². The van der Waals surface area contributed by atoms with Crippen molar-refractivity contribution in [1.82, 2.24) is 29.7 Å². The van der Waals surface area contributed by atoms with Gasteiger partial charge in [0, 0.05) is 30.2 Å². The number of nitrogens with one attached hydrogen (secondary N) is 1. The molecule has 0 fully saturated rings. The van der Waals surface area contributed by atoms with Crippen LogP contribution >= 0.6 is 23.1 Å². The van der Waals surface area contributed by atoms with Crippen molar-refractivity contribution < 1.29 is 4.79 Å². The minimum Gasteiger partial charge on any atom is -0.325 e. The summed E-state index contributed by atoms with van der Waals surface area (Å²) < 4.78 is 3.03. The number of hydrogen-bond acceptors (Lipinski definition) is 8. The number of hydrogen-bond donors (Lipinski definition) is 1. The smallest absolute Gasteiger partial charge is 0.234 e. The number of carbonyl (C=O) groups excluding carboxylic acids is 1. The van der Waals surface area contributed by atoms with Gasteiger partial charge in [0.05, 0.1) is 22.2 Å². The van der Waals surface area contributed by atoms with E-state index in [9.17, 15) is 4.79 Å². The van der Waals surface area contributed by atoms with Gasteiger partial charge in [0.15, 0.2) is 11.0 Å². The molecule has 1 N–H and O–H groups in total. The first-order valence-corrected chi connectivity index (χ1v) is 12.6. The van der Waals surface area contributed by atoms with Crippen LogP contribution in [-0.4, -0.2) is 41.4 Å². The van der Waals surface area contributed by atoms with Gasteiger partial charge in [-0.15, -0.1) is 28.1 Å². The predicted molar refractivity (Wildman–Crippen MR) is 140 cm³/mol. The van der Waals surface area contributed by atoms with Gasteiger partial charge in [0.1, 0.15) is 10.7 Å². The van der Waals surface area contributed by atoms with Crippen molar-refractivity contribution in [2.45, 2.75) is 18.6 Å². The molecule has 0 saturated heterocycles. The Kier molecular flexibility index (Phi) is 6.64. The number of thiazole rings is 1. The lowest BCUT2D eigenvalue weighted by Gasteiger charge is -2.08. The van der Waals surface area contributed by atoms with Crippen LogP contribution in [0.25, 0.3) is 32.3 Å². The van der Waals surface area contributed by atoms with Crippen LogP contribution in [0.15, 0.2) is 78.9 Å². The molecule has 0 aliphatic rings. The predicted octanol–water partition coefficient (Wildman–Crippen LogP) is 5.24. The number of nitrogens with zero attached hydrogens (tertiary/aromatic N) is 6. The number of amides is 1. The van der Waals surface area contributed by atoms with E-state index in [0.29, 0.717) is 23.2 Å². The lowest BCUT2D eigenvalue weighted by atomic mass is 10.2. The van der Waals surface area contributed by atoms with Crippen molar-refractivity contribution >= 4 is 44.9 Å². The summed E-state index contributed by atoms with van der Waals surface area (Å²) in [6.45, 7) is 6.38. The molecule has 2 aromatic carbocycles. The number of benzene rings is 2. The summed E-state index contributed by atoms with van der Waals surface area (Å²) >= 11 is 2.97. The Labute approximate surface area is 210 Å². The zero-order chi connectivity index (χ0) is 24.2. The average molecular weight is 500 g/mol. The van der Waals surface area contributed by atoms with Crippen LogP contribution in [0.4, 0.5) is 5.69 Å². The van der Waals surface area contributed by atoms with Crippen LogP contribution in [0.2, 0.25) is 0 Å². The molecule has 0 aliphatic carbocycles. The van der Waals surface area contributed by atoms with Crippen molar-refractivity contribution in [3.05, 3.63) is 79.3 Å². The quantitative estimate of drug-likeness (QED) is 0.230. The number of fused-ring (bicyclic) bond motifs is 1. The van der Waals surface area contributed by atoms with E-state index in [1.54, 1.807) is 36.0 Å². The highest BCUT2D eigenvalue weighted by Gasteiger charge is 2.16. The third-order valence-corrected chi connectivity index (χ3v) is 7.15. The molecule has 0 atom stereocenters. The number of thioether (sulfide) groups is 1. The Hall–Kier alpha value is -3.89. The van der Waals surface area contributed by atoms with Crippen molar-refractivity contribution in [2.75, 3.05) is 11.1 Å². The molecule has 0 bridgehead atoms. The van der Waals surface area contributed by atoms with Crippen LogP contribution in [0, 0.1) is 6.92 Å². The fraction of sp³-hybridized carbons (Fsp3) is 0.120. The lowest BCUT2D eigenvalue weighted by Crippen LogP contribution is -2.14. The van der Waals surface area contributed by atoms with E-state index >= 15 is 0 Å². The second kappa shape index (κ2) is 10.2. The van der Waals surface area contributed by atoms with Crippen molar-refractivity contribution in [3.8, 4) is 22.1 Å². The van der Waals surface area contributed by atoms with Crippen molar-refractivity contribution in [2.24, 2.45) is 0 Å². The SMILES string of the molecule is C=CCn1c(SCC(=O)Nc2ccc(-c3nc4ccc(C)cc4s3)cc2)nnc1-c1cnccn1. The number of aromatic nitrogens is 6. The highest BCUT2D eigenvalue weighted by atomic mass is 32.2. The van der Waals surface area contributed by atoms with E-state index in [1.807, 2.05) is 34.9 Å².